The number of nitrogens with zero attached hydrogens (tertiary/aromatic N) is 2. The fourth-order valence-electron chi connectivity index (χ4n) is 7.52. The molecule has 0 fully saturated rings. The van der Waals surface area contributed by atoms with Gasteiger partial charge < -0.3 is 4.42 Å². The summed E-state index contributed by atoms with van der Waals surface area (Å²) in [7, 11) is 0. The van der Waals surface area contributed by atoms with Crippen LogP contribution >= 0.6 is 0 Å². The van der Waals surface area contributed by atoms with E-state index in [4.69, 9.17) is 14.4 Å². The molecule has 0 saturated heterocycles. The average molecular weight is 703 g/mol. The van der Waals surface area contributed by atoms with Crippen molar-refractivity contribution < 1.29 is 4.42 Å². The van der Waals surface area contributed by atoms with E-state index in [1.54, 1.807) is 0 Å². The Morgan fingerprint density at radius 2 is 0.673 bits per heavy atom. The molecule has 0 amide bonds. The molecule has 10 rings (SSSR count). The molecule has 0 atom stereocenters. The lowest BCUT2D eigenvalue weighted by Gasteiger charge is -2.11. The van der Waals surface area contributed by atoms with Gasteiger partial charge in [0.2, 0.25) is 5.71 Å². The molecule has 0 unspecified atom stereocenters. The molecule has 0 aliphatic heterocycles. The zero-order chi connectivity index (χ0) is 36.6. The third-order valence-electron chi connectivity index (χ3n) is 10.3. The van der Waals surface area contributed by atoms with Crippen LogP contribution in [0.3, 0.4) is 0 Å². The summed E-state index contributed by atoms with van der Waals surface area (Å²) >= 11 is 0. The van der Waals surface area contributed by atoms with Crippen molar-refractivity contribution in [3.63, 3.8) is 0 Å². The van der Waals surface area contributed by atoms with E-state index in [1.807, 2.05) is 24.3 Å². The maximum Gasteiger partial charge on any atom is 0.231 e. The van der Waals surface area contributed by atoms with Crippen LogP contribution in [0.2, 0.25) is 0 Å². The molecule has 3 heteroatoms. The Bertz CT molecular complexity index is 2960. The van der Waals surface area contributed by atoms with E-state index in [0.29, 0.717) is 11.5 Å². The van der Waals surface area contributed by atoms with Gasteiger partial charge in [0, 0.05) is 16.5 Å². The van der Waals surface area contributed by atoms with Gasteiger partial charge >= 0.3 is 0 Å². The minimum absolute atomic E-state index is 0.579. The number of rotatable bonds is 7. The van der Waals surface area contributed by atoms with Gasteiger partial charge in [0.15, 0.2) is 5.82 Å². The highest BCUT2D eigenvalue weighted by Crippen LogP contribution is 2.38. The van der Waals surface area contributed by atoms with Crippen LogP contribution in [0.15, 0.2) is 211 Å². The molecule has 0 spiro atoms. The topological polar surface area (TPSA) is 38.9 Å². The maximum atomic E-state index is 6.37. The van der Waals surface area contributed by atoms with Crippen molar-refractivity contribution in [2.45, 2.75) is 0 Å². The largest absolute Gasteiger partial charge is 0.438 e. The van der Waals surface area contributed by atoms with Crippen LogP contribution < -0.4 is 0 Å². The van der Waals surface area contributed by atoms with Crippen molar-refractivity contribution >= 4 is 22.1 Å². The zero-order valence-corrected chi connectivity index (χ0v) is 29.9. The van der Waals surface area contributed by atoms with Crippen molar-refractivity contribution in [1.29, 1.82) is 0 Å². The first kappa shape index (κ1) is 32.3. The van der Waals surface area contributed by atoms with Crippen LogP contribution in [-0.2, 0) is 0 Å². The molecular formula is C52H34N2O. The molecule has 3 nitrogen and oxygen atoms in total. The number of hydrogen-bond acceptors (Lipinski definition) is 3. The third-order valence-corrected chi connectivity index (χ3v) is 10.3. The van der Waals surface area contributed by atoms with Crippen molar-refractivity contribution in [2.24, 2.45) is 0 Å². The van der Waals surface area contributed by atoms with Gasteiger partial charge in [-0.05, 0) is 86.0 Å². The minimum atomic E-state index is 0.579. The second kappa shape index (κ2) is 13.9. The first-order valence-electron chi connectivity index (χ1n) is 18.6. The van der Waals surface area contributed by atoms with E-state index in [0.717, 1.165) is 55.4 Å². The number of para-hydroxylation sites is 1. The summed E-state index contributed by atoms with van der Waals surface area (Å²) in [6.07, 6.45) is 0. The summed E-state index contributed by atoms with van der Waals surface area (Å²) in [6.45, 7) is 0. The van der Waals surface area contributed by atoms with Gasteiger partial charge in [0.05, 0.1) is 11.1 Å². The summed E-state index contributed by atoms with van der Waals surface area (Å²) in [5.74, 6) is 0.622. The molecule has 0 bridgehead atoms. The Kier molecular flexibility index (Phi) is 8.16. The molecule has 0 saturated carbocycles. The SMILES string of the molecule is c1ccc(-c2ccc(-c3nc(-c4cccc(-c5cccc(-c6cccc(-c7cccc(-c8ccccc8)c7)c6)c5)c4)nc4oc5ccccc5c34)cc2)cc1. The van der Waals surface area contributed by atoms with Crippen molar-refractivity contribution in [3.8, 4) is 78.3 Å². The number of benzene rings is 8. The van der Waals surface area contributed by atoms with Gasteiger partial charge in [0.25, 0.3) is 0 Å². The highest BCUT2D eigenvalue weighted by atomic mass is 16.3. The predicted molar refractivity (Wildman–Crippen MR) is 227 cm³/mol. The highest BCUT2D eigenvalue weighted by Gasteiger charge is 2.18. The van der Waals surface area contributed by atoms with Crippen molar-refractivity contribution in [1.82, 2.24) is 9.97 Å². The normalized spacial score (nSPS) is 11.3. The van der Waals surface area contributed by atoms with Gasteiger partial charge in [-0.15, -0.1) is 0 Å². The summed E-state index contributed by atoms with van der Waals surface area (Å²) in [6, 6.07) is 72.5. The van der Waals surface area contributed by atoms with Crippen LogP contribution in [0.1, 0.15) is 0 Å². The van der Waals surface area contributed by atoms with Crippen LogP contribution in [0.5, 0.6) is 0 Å². The van der Waals surface area contributed by atoms with Crippen molar-refractivity contribution in [2.75, 3.05) is 0 Å². The van der Waals surface area contributed by atoms with E-state index in [2.05, 4.69) is 182 Å². The van der Waals surface area contributed by atoms with Gasteiger partial charge in [-0.25, -0.2) is 4.98 Å². The summed E-state index contributed by atoms with van der Waals surface area (Å²) < 4.78 is 6.37. The molecule has 2 aromatic heterocycles. The monoisotopic (exact) mass is 702 g/mol. The quantitative estimate of drug-likeness (QED) is 0.166. The van der Waals surface area contributed by atoms with E-state index in [1.165, 1.54) is 33.4 Å². The zero-order valence-electron chi connectivity index (χ0n) is 29.9. The Hall–Kier alpha value is -7.36. The van der Waals surface area contributed by atoms with E-state index in [9.17, 15) is 0 Å². The number of hydrogen-bond donors (Lipinski definition) is 0. The smallest absolute Gasteiger partial charge is 0.231 e. The van der Waals surface area contributed by atoms with Crippen molar-refractivity contribution in [3.05, 3.63) is 206 Å². The first-order chi connectivity index (χ1) is 27.2. The fourth-order valence-corrected chi connectivity index (χ4v) is 7.52. The third kappa shape index (κ3) is 6.28. The predicted octanol–water partition coefficient (Wildman–Crippen LogP) is 14.0. The first-order valence-corrected chi connectivity index (χ1v) is 18.6. The maximum absolute atomic E-state index is 6.37. The second-order valence-corrected chi connectivity index (χ2v) is 13.8. The van der Waals surface area contributed by atoms with Gasteiger partial charge in [0.1, 0.15) is 5.58 Å². The van der Waals surface area contributed by atoms with E-state index >= 15 is 0 Å². The van der Waals surface area contributed by atoms with E-state index < -0.39 is 0 Å². The number of fused-ring (bicyclic) bond motifs is 3. The molecule has 10 aromatic rings. The minimum Gasteiger partial charge on any atom is -0.438 e. The summed E-state index contributed by atoms with van der Waals surface area (Å²) in [5, 5.41) is 1.93. The lowest BCUT2D eigenvalue weighted by molar-refractivity contribution is 0.653. The Morgan fingerprint density at radius 3 is 1.22 bits per heavy atom. The number of furan rings is 1. The average Bonchev–Trinajstić information content (AvgIpc) is 3.66. The molecule has 2 heterocycles. The molecule has 0 aliphatic carbocycles. The Morgan fingerprint density at radius 1 is 0.291 bits per heavy atom. The lowest BCUT2D eigenvalue weighted by atomic mass is 9.94. The van der Waals surface area contributed by atoms with Gasteiger partial charge in [-0.1, -0.05) is 176 Å². The molecule has 55 heavy (non-hydrogen) atoms. The fraction of sp³-hybridized carbons (Fsp3) is 0. The molecule has 8 aromatic carbocycles. The molecule has 258 valence electrons. The molecular weight excluding hydrogens is 669 g/mol. The van der Waals surface area contributed by atoms with Gasteiger partial charge in [-0.2, -0.15) is 4.98 Å². The van der Waals surface area contributed by atoms with Crippen LogP contribution in [0, 0.1) is 0 Å². The van der Waals surface area contributed by atoms with E-state index in [-0.39, 0.29) is 0 Å². The van der Waals surface area contributed by atoms with Gasteiger partial charge in [-0.3, -0.25) is 0 Å². The summed E-state index contributed by atoms with van der Waals surface area (Å²) in [5.41, 5.74) is 15.8. The number of aromatic nitrogens is 2. The lowest BCUT2D eigenvalue weighted by Crippen LogP contribution is -1.94. The Balaban J connectivity index is 1.01. The molecule has 0 aliphatic rings. The van der Waals surface area contributed by atoms with Crippen LogP contribution in [0.4, 0.5) is 0 Å². The standard InChI is InChI=1S/C52H34N2O/c1-3-13-35(14-4-1)37-27-29-38(30-28-37)50-49-47-25-7-8-26-48(47)55-52(49)54-51(53-50)46-24-12-23-45(34-46)44-22-11-21-43(33-44)42-20-10-19-41(32-42)40-18-9-17-39(31-40)36-15-5-2-6-16-36/h1-34H. The van der Waals surface area contributed by atoms with Crippen LogP contribution in [-0.4, -0.2) is 9.97 Å². The molecule has 0 N–H and O–H groups in total. The van der Waals surface area contributed by atoms with Crippen LogP contribution in [0.25, 0.3) is 100 Å². The highest BCUT2D eigenvalue weighted by molar-refractivity contribution is 6.10. The Labute approximate surface area is 319 Å². The summed E-state index contributed by atoms with van der Waals surface area (Å²) in [4.78, 5) is 10.3. The molecule has 0 radical (unpaired) electrons. The second-order valence-electron chi connectivity index (χ2n) is 13.8.